The molecule has 2 N–H and O–H groups in total. The number of aromatic nitrogens is 1. The van der Waals surface area contributed by atoms with Gasteiger partial charge in [0.15, 0.2) is 0 Å². The first-order valence-corrected chi connectivity index (χ1v) is 10.9. The normalized spacial score (nSPS) is 15.9. The fraction of sp³-hybridized carbons (Fsp3) is 0.500. The molecule has 6 nitrogen and oxygen atoms in total. The fourth-order valence-corrected chi connectivity index (χ4v) is 4.26. The molecular formula is C22H30N4O2S. The Bertz CT molecular complexity index is 864. The Morgan fingerprint density at radius 3 is 2.59 bits per heavy atom. The van der Waals surface area contributed by atoms with Crippen LogP contribution < -0.4 is 10.6 Å². The zero-order chi connectivity index (χ0) is 21.0. The summed E-state index contributed by atoms with van der Waals surface area (Å²) in [6.45, 7) is 10.6. The second-order valence-corrected chi connectivity index (χ2v) is 9.73. The van der Waals surface area contributed by atoms with E-state index in [0.29, 0.717) is 5.56 Å². The summed E-state index contributed by atoms with van der Waals surface area (Å²) in [5, 5.41) is 8.97. The van der Waals surface area contributed by atoms with Gasteiger partial charge < -0.3 is 10.6 Å². The lowest BCUT2D eigenvalue weighted by Gasteiger charge is -2.32. The van der Waals surface area contributed by atoms with Gasteiger partial charge in [-0.3, -0.25) is 19.5 Å². The van der Waals surface area contributed by atoms with Gasteiger partial charge in [-0.2, -0.15) is 0 Å². The van der Waals surface area contributed by atoms with E-state index in [0.717, 1.165) is 43.0 Å². The van der Waals surface area contributed by atoms with Crippen LogP contribution in [0, 0.1) is 12.8 Å². The molecule has 29 heavy (non-hydrogen) atoms. The van der Waals surface area contributed by atoms with Gasteiger partial charge in [0.1, 0.15) is 0 Å². The highest BCUT2D eigenvalue weighted by atomic mass is 32.1. The zero-order valence-electron chi connectivity index (χ0n) is 17.6. The van der Waals surface area contributed by atoms with Crippen molar-refractivity contribution in [3.05, 3.63) is 46.6 Å². The molecule has 1 saturated heterocycles. The van der Waals surface area contributed by atoms with Crippen LogP contribution in [0.15, 0.2) is 29.9 Å². The molecule has 2 aromatic heterocycles. The number of carbonyl (C=O) groups is 2. The van der Waals surface area contributed by atoms with Gasteiger partial charge in [0.2, 0.25) is 5.91 Å². The lowest BCUT2D eigenvalue weighted by molar-refractivity contribution is -0.127. The van der Waals surface area contributed by atoms with E-state index in [2.05, 4.69) is 25.9 Å². The average molecular weight is 415 g/mol. The van der Waals surface area contributed by atoms with Crippen LogP contribution in [-0.4, -0.2) is 40.3 Å². The molecule has 156 valence electrons. The van der Waals surface area contributed by atoms with Crippen LogP contribution in [0.25, 0.3) is 0 Å². The maximum Gasteiger partial charge on any atom is 0.257 e. The maximum atomic E-state index is 12.4. The summed E-state index contributed by atoms with van der Waals surface area (Å²) in [5.41, 5.74) is 2.53. The van der Waals surface area contributed by atoms with Gasteiger partial charge in [-0.1, -0.05) is 0 Å². The standard InChI is InChI=1S/C22H30N4O2S/c1-15-9-18(12-23-11-15)20(27)24-19-10-16(14-29-19)13-26-7-5-17(6-8-26)21(28)25-22(2,3)4/h9-12,14,17H,5-8,13H2,1-4H3,(H,24,27)(H,25,28). The van der Waals surface area contributed by atoms with E-state index in [1.165, 1.54) is 16.9 Å². The van der Waals surface area contributed by atoms with Gasteiger partial charge in [-0.25, -0.2) is 0 Å². The third-order valence-corrected chi connectivity index (χ3v) is 5.78. The van der Waals surface area contributed by atoms with Gasteiger partial charge in [0.25, 0.3) is 5.91 Å². The fourth-order valence-electron chi connectivity index (χ4n) is 3.47. The predicted octanol–water partition coefficient (Wildman–Crippen LogP) is 3.83. The molecule has 3 heterocycles. The van der Waals surface area contributed by atoms with E-state index in [1.54, 1.807) is 12.4 Å². The van der Waals surface area contributed by atoms with Crippen LogP contribution in [0.2, 0.25) is 0 Å². The van der Waals surface area contributed by atoms with Gasteiger partial charge in [-0.05, 0) is 82.3 Å². The lowest BCUT2D eigenvalue weighted by atomic mass is 9.94. The van der Waals surface area contributed by atoms with E-state index >= 15 is 0 Å². The molecule has 2 aromatic rings. The first kappa shape index (κ1) is 21.5. The van der Waals surface area contributed by atoms with Crippen molar-refractivity contribution in [2.75, 3.05) is 18.4 Å². The molecule has 3 rings (SSSR count). The summed E-state index contributed by atoms with van der Waals surface area (Å²) >= 11 is 1.53. The van der Waals surface area contributed by atoms with Crippen molar-refractivity contribution in [3.63, 3.8) is 0 Å². The summed E-state index contributed by atoms with van der Waals surface area (Å²) in [6.07, 6.45) is 5.08. The van der Waals surface area contributed by atoms with Crippen molar-refractivity contribution in [2.45, 2.75) is 52.6 Å². The number of hydrogen-bond donors (Lipinski definition) is 2. The van der Waals surface area contributed by atoms with Crippen molar-refractivity contribution in [1.82, 2.24) is 15.2 Å². The SMILES string of the molecule is Cc1cncc(C(=O)Nc2cc(CN3CCC(C(=O)NC(C)(C)C)CC3)cs2)c1. The Morgan fingerprint density at radius 2 is 1.93 bits per heavy atom. The maximum absolute atomic E-state index is 12.4. The number of hydrogen-bond acceptors (Lipinski definition) is 5. The highest BCUT2D eigenvalue weighted by Crippen LogP contribution is 2.25. The highest BCUT2D eigenvalue weighted by Gasteiger charge is 2.27. The van der Waals surface area contributed by atoms with Crippen LogP contribution in [0.4, 0.5) is 5.00 Å². The summed E-state index contributed by atoms with van der Waals surface area (Å²) in [4.78, 5) is 31.2. The molecule has 0 atom stereocenters. The Kier molecular flexibility index (Phi) is 6.70. The van der Waals surface area contributed by atoms with Crippen molar-refractivity contribution >= 4 is 28.2 Å². The Labute approximate surface area is 176 Å². The molecule has 1 aliphatic heterocycles. The molecular weight excluding hydrogens is 384 g/mol. The van der Waals surface area contributed by atoms with Crippen molar-refractivity contribution < 1.29 is 9.59 Å². The summed E-state index contributed by atoms with van der Waals surface area (Å²) in [7, 11) is 0. The molecule has 0 aromatic carbocycles. The minimum Gasteiger partial charge on any atom is -0.351 e. The quantitative estimate of drug-likeness (QED) is 0.780. The number of pyridine rings is 1. The third-order valence-electron chi connectivity index (χ3n) is 4.89. The number of aryl methyl sites for hydroxylation is 1. The van der Waals surface area contributed by atoms with Crippen molar-refractivity contribution in [1.29, 1.82) is 0 Å². The number of rotatable bonds is 5. The number of nitrogens with one attached hydrogen (secondary N) is 2. The molecule has 0 aliphatic carbocycles. The van der Waals surface area contributed by atoms with Crippen LogP contribution in [0.5, 0.6) is 0 Å². The van der Waals surface area contributed by atoms with Gasteiger partial charge in [0, 0.05) is 30.4 Å². The Morgan fingerprint density at radius 1 is 1.21 bits per heavy atom. The molecule has 1 aliphatic rings. The molecule has 0 radical (unpaired) electrons. The molecule has 2 amide bonds. The Hall–Kier alpha value is -2.25. The van der Waals surface area contributed by atoms with Crippen LogP contribution in [-0.2, 0) is 11.3 Å². The topological polar surface area (TPSA) is 74.3 Å². The molecule has 0 spiro atoms. The number of anilines is 1. The van der Waals surface area contributed by atoms with Crippen LogP contribution in [0.1, 0.15) is 55.1 Å². The van der Waals surface area contributed by atoms with Crippen LogP contribution >= 0.6 is 11.3 Å². The number of thiophene rings is 1. The smallest absolute Gasteiger partial charge is 0.257 e. The molecule has 1 fully saturated rings. The van der Waals surface area contributed by atoms with Gasteiger partial charge in [-0.15, -0.1) is 11.3 Å². The minimum absolute atomic E-state index is 0.103. The van der Waals surface area contributed by atoms with Crippen LogP contribution in [0.3, 0.4) is 0 Å². The summed E-state index contributed by atoms with van der Waals surface area (Å²) in [5.74, 6) is 0.134. The number of carbonyl (C=O) groups excluding carboxylic acids is 2. The van der Waals surface area contributed by atoms with E-state index in [-0.39, 0.29) is 23.3 Å². The van der Waals surface area contributed by atoms with E-state index in [9.17, 15) is 9.59 Å². The highest BCUT2D eigenvalue weighted by molar-refractivity contribution is 7.14. The zero-order valence-corrected chi connectivity index (χ0v) is 18.4. The average Bonchev–Trinajstić information content (AvgIpc) is 3.07. The lowest BCUT2D eigenvalue weighted by Crippen LogP contribution is -2.46. The molecule has 0 saturated carbocycles. The van der Waals surface area contributed by atoms with E-state index in [1.807, 2.05) is 39.8 Å². The first-order chi connectivity index (χ1) is 13.7. The second kappa shape index (κ2) is 9.05. The van der Waals surface area contributed by atoms with E-state index < -0.39 is 0 Å². The predicted molar refractivity (Wildman–Crippen MR) is 117 cm³/mol. The summed E-state index contributed by atoms with van der Waals surface area (Å²) in [6, 6.07) is 3.86. The second-order valence-electron chi connectivity index (χ2n) is 8.81. The van der Waals surface area contributed by atoms with Crippen molar-refractivity contribution in [2.24, 2.45) is 5.92 Å². The molecule has 0 unspecified atom stereocenters. The number of likely N-dealkylation sites (tertiary alicyclic amines) is 1. The molecule has 0 bridgehead atoms. The third kappa shape index (κ3) is 6.37. The number of piperidine rings is 1. The number of nitrogens with zero attached hydrogens (tertiary/aromatic N) is 2. The van der Waals surface area contributed by atoms with Gasteiger partial charge >= 0.3 is 0 Å². The largest absolute Gasteiger partial charge is 0.351 e. The minimum atomic E-state index is -0.180. The first-order valence-electron chi connectivity index (χ1n) is 10.0. The van der Waals surface area contributed by atoms with Gasteiger partial charge in [0.05, 0.1) is 10.6 Å². The summed E-state index contributed by atoms with van der Waals surface area (Å²) < 4.78 is 0. The van der Waals surface area contributed by atoms with Crippen molar-refractivity contribution in [3.8, 4) is 0 Å². The van der Waals surface area contributed by atoms with E-state index in [4.69, 9.17) is 0 Å². The number of amides is 2. The Balaban J connectivity index is 1.48. The monoisotopic (exact) mass is 414 g/mol. The molecule has 7 heteroatoms.